The number of hydrogen-bond donors (Lipinski definition) is 4. The van der Waals surface area contributed by atoms with Gasteiger partial charge in [-0.2, -0.15) is 0 Å². The fourth-order valence-electron chi connectivity index (χ4n) is 14.0. The highest BCUT2D eigenvalue weighted by molar-refractivity contribution is 5.88. The Morgan fingerprint density at radius 3 is 1.39 bits per heavy atom. The van der Waals surface area contributed by atoms with Crippen molar-refractivity contribution in [1.82, 2.24) is 40.4 Å². The van der Waals surface area contributed by atoms with Crippen LogP contribution in [0.25, 0.3) is 44.8 Å². The molecule has 72 heavy (non-hydrogen) atoms. The van der Waals surface area contributed by atoms with Crippen LogP contribution in [0.2, 0.25) is 0 Å². The molecule has 6 aliphatic rings. The second-order valence-corrected chi connectivity index (χ2v) is 22.7. The Bertz CT molecular complexity index is 2920. The van der Waals surface area contributed by atoms with Crippen LogP contribution in [0, 0.1) is 23.7 Å². The Labute approximate surface area is 422 Å². The standard InChI is InChI=1S/C58H70N8O6/c1-29(2)51(63-57(69)71-7)55(67)65-27-31(5)21-45(65)53-59-25-43(61-53)34-11-9-33(10-12-34)39-17-18-40(48-36-14-13-35(23-36)47(39)48)41-19-20-42(50-38-16-15-37(24-38)49(41)50)44-26-60-54(62-44)46-22-32(6)28-66(46)56(68)52(30(3)4)64-58(70)72-8/h9-12,17-20,25-26,29-32,35-38,45-46,51-52H,13-16,21-24,27-28H2,1-8H3,(H,59,61)(H,60,62)(H,63,69)(H,64,70). The smallest absolute Gasteiger partial charge is 0.407 e. The number of H-pyrrole nitrogens is 2. The number of imidazole rings is 2. The molecule has 3 aromatic carbocycles. The number of nitrogens with zero attached hydrogens (tertiary/aromatic N) is 4. The number of carbonyl (C=O) groups excluding carboxylic acids is 4. The Morgan fingerprint density at radius 1 is 0.542 bits per heavy atom. The van der Waals surface area contributed by atoms with Crippen molar-refractivity contribution in [2.45, 2.75) is 141 Å². The molecule has 4 bridgehead atoms. The lowest BCUT2D eigenvalue weighted by molar-refractivity contribution is -0.136. The van der Waals surface area contributed by atoms with E-state index in [0.717, 1.165) is 41.4 Å². The Morgan fingerprint density at radius 2 is 0.931 bits per heavy atom. The average molecular weight is 975 g/mol. The molecular weight excluding hydrogens is 905 g/mol. The number of likely N-dealkylation sites (tertiary alicyclic amines) is 2. The molecule has 14 nitrogen and oxygen atoms in total. The fraction of sp³-hybridized carbons (Fsp3) is 0.517. The monoisotopic (exact) mass is 975 g/mol. The van der Waals surface area contributed by atoms with E-state index in [1.165, 1.54) is 97.3 Å². The molecule has 5 aromatic rings. The van der Waals surface area contributed by atoms with E-state index in [2.05, 4.69) is 83.0 Å². The van der Waals surface area contributed by atoms with Crippen LogP contribution in [-0.4, -0.2) is 93.1 Å². The summed E-state index contributed by atoms with van der Waals surface area (Å²) < 4.78 is 9.72. The molecule has 378 valence electrons. The van der Waals surface area contributed by atoms with Crippen molar-refractivity contribution in [2.75, 3.05) is 27.3 Å². The Kier molecular flexibility index (Phi) is 12.5. The van der Waals surface area contributed by atoms with Gasteiger partial charge in [-0.25, -0.2) is 19.6 Å². The van der Waals surface area contributed by atoms with E-state index in [9.17, 15) is 19.2 Å². The van der Waals surface area contributed by atoms with Gasteiger partial charge in [-0.05, 0) is 149 Å². The van der Waals surface area contributed by atoms with Crippen molar-refractivity contribution in [3.8, 4) is 44.8 Å². The van der Waals surface area contributed by atoms with Crippen LogP contribution in [0.4, 0.5) is 9.59 Å². The zero-order valence-electron chi connectivity index (χ0n) is 43.0. The van der Waals surface area contributed by atoms with Gasteiger partial charge in [0.25, 0.3) is 0 Å². The third-order valence-corrected chi connectivity index (χ3v) is 17.4. The van der Waals surface area contributed by atoms with Crippen molar-refractivity contribution in [3.63, 3.8) is 0 Å². The molecular formula is C58H70N8O6. The molecule has 4 amide bonds. The third-order valence-electron chi connectivity index (χ3n) is 17.4. The molecule has 4 heterocycles. The van der Waals surface area contributed by atoms with E-state index < -0.39 is 24.3 Å². The molecule has 4 N–H and O–H groups in total. The number of rotatable bonds is 12. The lowest BCUT2D eigenvalue weighted by atomic mass is 9.77. The van der Waals surface area contributed by atoms with Gasteiger partial charge < -0.3 is 39.9 Å². The molecule has 14 heteroatoms. The number of aromatic nitrogens is 4. The number of benzene rings is 3. The highest BCUT2D eigenvalue weighted by Crippen LogP contribution is 2.62. The van der Waals surface area contributed by atoms with Gasteiger partial charge in [-0.15, -0.1) is 0 Å². The minimum atomic E-state index is -0.694. The first-order chi connectivity index (χ1) is 34.7. The summed E-state index contributed by atoms with van der Waals surface area (Å²) >= 11 is 0. The van der Waals surface area contributed by atoms with Crippen LogP contribution in [0.5, 0.6) is 0 Å². The normalized spacial score (nSPS) is 25.5. The summed E-state index contributed by atoms with van der Waals surface area (Å²) in [5, 5.41) is 5.54. The molecule has 2 aromatic heterocycles. The lowest BCUT2D eigenvalue weighted by Gasteiger charge is -2.30. The molecule has 2 saturated heterocycles. The third kappa shape index (κ3) is 8.26. The van der Waals surface area contributed by atoms with E-state index in [1.54, 1.807) is 5.56 Å². The first kappa shape index (κ1) is 47.9. The summed E-state index contributed by atoms with van der Waals surface area (Å²) in [5.74, 6) is 3.83. The number of methoxy groups -OCH3 is 2. The maximum absolute atomic E-state index is 14.1. The number of amides is 4. The van der Waals surface area contributed by atoms with Gasteiger partial charge in [0.2, 0.25) is 11.8 Å². The van der Waals surface area contributed by atoms with E-state index in [1.807, 2.05) is 49.9 Å². The molecule has 0 spiro atoms. The van der Waals surface area contributed by atoms with Crippen molar-refractivity contribution >= 4 is 24.0 Å². The predicted octanol–water partition coefficient (Wildman–Crippen LogP) is 11.1. The first-order valence-electron chi connectivity index (χ1n) is 26.6. The Balaban J connectivity index is 0.870. The molecule has 4 aliphatic carbocycles. The molecule has 10 atom stereocenters. The number of aromatic amines is 2. The zero-order chi connectivity index (χ0) is 50.3. The first-order valence-corrected chi connectivity index (χ1v) is 26.6. The summed E-state index contributed by atoms with van der Waals surface area (Å²) in [6, 6.07) is 16.6. The lowest BCUT2D eigenvalue weighted by Crippen LogP contribution is -2.51. The summed E-state index contributed by atoms with van der Waals surface area (Å²) in [6.45, 7) is 13.3. The number of alkyl carbamates (subject to hydrolysis) is 2. The van der Waals surface area contributed by atoms with Crippen molar-refractivity contribution in [3.05, 3.63) is 94.8 Å². The number of fused-ring (bicyclic) bond motifs is 10. The molecule has 2 aliphatic heterocycles. The van der Waals surface area contributed by atoms with Crippen LogP contribution in [0.3, 0.4) is 0 Å². The van der Waals surface area contributed by atoms with E-state index >= 15 is 0 Å². The van der Waals surface area contributed by atoms with Crippen LogP contribution in [0.1, 0.15) is 163 Å². The van der Waals surface area contributed by atoms with Crippen LogP contribution >= 0.6 is 0 Å². The van der Waals surface area contributed by atoms with Gasteiger partial charge in [0.1, 0.15) is 23.7 Å². The largest absolute Gasteiger partial charge is 0.453 e. The summed E-state index contributed by atoms with van der Waals surface area (Å²) in [7, 11) is 2.63. The van der Waals surface area contributed by atoms with Crippen molar-refractivity contribution in [2.24, 2.45) is 23.7 Å². The van der Waals surface area contributed by atoms with Gasteiger partial charge >= 0.3 is 12.2 Å². The minimum Gasteiger partial charge on any atom is -0.453 e. The maximum atomic E-state index is 14.1. The summed E-state index contributed by atoms with van der Waals surface area (Å²) in [5.41, 5.74) is 15.6. The van der Waals surface area contributed by atoms with E-state index in [0.29, 0.717) is 42.7 Å². The second kappa shape index (κ2) is 18.9. The SMILES string of the molecule is COC(=O)NC(C(=O)N1CC(C)CC1c1ncc(-c2ccc(-c3ccc(-c4ccc(-c5cnc(C6CC(C)CN6C(=O)C(NC(=O)OC)C(C)C)[nH]5)c5c4C4CCC5C4)c4c3C3CCC4C3)cc2)[nH]1)C(C)C. The number of hydrogen-bond acceptors (Lipinski definition) is 8. The van der Waals surface area contributed by atoms with Crippen molar-refractivity contribution < 1.29 is 28.7 Å². The average Bonchev–Trinajstić information content (AvgIpc) is 4.25. The Hall–Kier alpha value is -6.44. The van der Waals surface area contributed by atoms with Gasteiger partial charge in [0.05, 0.1) is 50.1 Å². The van der Waals surface area contributed by atoms with Gasteiger partial charge in [-0.1, -0.05) is 90.1 Å². The molecule has 2 saturated carbocycles. The van der Waals surface area contributed by atoms with Crippen LogP contribution in [-0.2, 0) is 19.1 Å². The second-order valence-electron chi connectivity index (χ2n) is 22.7. The van der Waals surface area contributed by atoms with Gasteiger partial charge in [0, 0.05) is 18.7 Å². The molecule has 10 unspecified atom stereocenters. The minimum absolute atomic E-state index is 0.107. The van der Waals surface area contributed by atoms with Crippen LogP contribution in [0.15, 0.2) is 60.9 Å². The predicted molar refractivity (Wildman–Crippen MR) is 276 cm³/mol. The fourth-order valence-corrected chi connectivity index (χ4v) is 14.0. The molecule has 11 rings (SSSR count). The van der Waals surface area contributed by atoms with E-state index in [-0.39, 0.29) is 41.7 Å². The number of ether oxygens (including phenoxy) is 2. The van der Waals surface area contributed by atoms with Gasteiger partial charge in [0.15, 0.2) is 0 Å². The van der Waals surface area contributed by atoms with Crippen LogP contribution < -0.4 is 10.6 Å². The molecule has 4 fully saturated rings. The highest BCUT2D eigenvalue weighted by Gasteiger charge is 2.46. The maximum Gasteiger partial charge on any atom is 0.407 e. The summed E-state index contributed by atoms with van der Waals surface area (Å²) in [6.07, 6.45) is 11.5. The van der Waals surface area contributed by atoms with Crippen molar-refractivity contribution in [1.29, 1.82) is 0 Å². The zero-order valence-corrected chi connectivity index (χ0v) is 43.0. The topological polar surface area (TPSA) is 175 Å². The quantitative estimate of drug-likeness (QED) is 0.0955. The summed E-state index contributed by atoms with van der Waals surface area (Å²) in [4.78, 5) is 73.3. The number of carbonyl (C=O) groups is 4. The van der Waals surface area contributed by atoms with E-state index in [4.69, 9.17) is 19.4 Å². The van der Waals surface area contributed by atoms with Gasteiger partial charge in [-0.3, -0.25) is 9.59 Å². The molecule has 0 radical (unpaired) electrons. The number of nitrogens with one attached hydrogen (secondary N) is 4. The highest BCUT2D eigenvalue weighted by atomic mass is 16.5.